The quantitative estimate of drug-likeness (QED) is 0.588. The Bertz CT molecular complexity index is 934. The van der Waals surface area contributed by atoms with Gasteiger partial charge < -0.3 is 10.1 Å². The highest BCUT2D eigenvalue weighted by molar-refractivity contribution is 7.17. The molecule has 1 heterocycles. The number of azo groups is 1. The zero-order valence-electron chi connectivity index (χ0n) is 14.7. The number of benzene rings is 1. The van der Waals surface area contributed by atoms with E-state index in [-0.39, 0.29) is 0 Å². The van der Waals surface area contributed by atoms with Crippen molar-refractivity contribution in [3.8, 4) is 6.07 Å². The molecule has 0 aliphatic rings. The normalized spacial score (nSPS) is 10.3. The van der Waals surface area contributed by atoms with Gasteiger partial charge in [0.25, 0.3) is 0 Å². The Labute approximate surface area is 155 Å². The van der Waals surface area contributed by atoms with Gasteiger partial charge in [-0.3, -0.25) is 0 Å². The van der Waals surface area contributed by atoms with Gasteiger partial charge in [0.1, 0.15) is 11.1 Å². The third kappa shape index (κ3) is 4.44. The molecule has 0 spiro atoms. The molecule has 2 aromatic rings. The summed E-state index contributed by atoms with van der Waals surface area (Å²) in [5, 5.41) is 20.3. The van der Waals surface area contributed by atoms with Crippen LogP contribution >= 0.6 is 11.3 Å². The summed E-state index contributed by atoms with van der Waals surface area (Å²) in [5.41, 5.74) is 3.64. The zero-order chi connectivity index (χ0) is 19.1. The smallest absolute Gasteiger partial charge is 0.406 e. The molecule has 0 bridgehead atoms. The maximum Gasteiger partial charge on any atom is 0.406 e. The van der Waals surface area contributed by atoms with Crippen LogP contribution in [0.25, 0.3) is 4.85 Å². The van der Waals surface area contributed by atoms with E-state index in [0.717, 1.165) is 11.1 Å². The standard InChI is InChI=1S/C18H17N5O2S/c1-11-9-13(7-8-25-18(24)21-4)5-6-14(11)22-23-17-16(20-3)12(2)15(10-19)26-17/h5-6,9H,7-8H2,1-2,4H3,(H,21,24). The second-order valence-corrected chi connectivity index (χ2v) is 6.39. The number of nitriles is 1. The predicted octanol–water partition coefficient (Wildman–Crippen LogP) is 5.10. The SMILES string of the molecule is [C-]#[N+]c1c(N=Nc2ccc(CCOC(=O)NC)cc2C)sc(C#N)c1C. The van der Waals surface area contributed by atoms with E-state index >= 15 is 0 Å². The minimum absolute atomic E-state index is 0.291. The molecule has 0 saturated heterocycles. The topological polar surface area (TPSA) is 91.2 Å². The summed E-state index contributed by atoms with van der Waals surface area (Å²) in [6, 6.07) is 7.75. The van der Waals surface area contributed by atoms with E-state index in [4.69, 9.17) is 16.6 Å². The van der Waals surface area contributed by atoms with Crippen LogP contribution in [-0.2, 0) is 11.2 Å². The molecule has 0 radical (unpaired) electrons. The summed E-state index contributed by atoms with van der Waals surface area (Å²) in [5.74, 6) is 0. The van der Waals surface area contributed by atoms with Crippen molar-refractivity contribution in [2.75, 3.05) is 13.7 Å². The first kappa shape index (κ1) is 19.1. The molecule has 1 aromatic carbocycles. The van der Waals surface area contributed by atoms with E-state index in [1.54, 1.807) is 6.92 Å². The molecule has 7 nitrogen and oxygen atoms in total. The maximum atomic E-state index is 11.0. The number of thiophene rings is 1. The van der Waals surface area contributed by atoms with Gasteiger partial charge in [-0.15, -0.1) is 11.3 Å². The molecule has 1 amide bonds. The van der Waals surface area contributed by atoms with Crippen molar-refractivity contribution in [2.45, 2.75) is 20.3 Å². The number of carbonyl (C=O) groups is 1. The number of ether oxygens (including phenoxy) is 1. The van der Waals surface area contributed by atoms with E-state index < -0.39 is 6.09 Å². The van der Waals surface area contributed by atoms with Crippen LogP contribution in [0, 0.1) is 31.8 Å². The van der Waals surface area contributed by atoms with Gasteiger partial charge in [0, 0.05) is 13.5 Å². The summed E-state index contributed by atoms with van der Waals surface area (Å²) in [7, 11) is 1.51. The van der Waals surface area contributed by atoms with Crippen LogP contribution in [0.1, 0.15) is 21.6 Å². The maximum absolute atomic E-state index is 11.0. The number of rotatable bonds is 5. The molecule has 0 fully saturated rings. The molecular weight excluding hydrogens is 350 g/mol. The Morgan fingerprint density at radius 2 is 2.19 bits per heavy atom. The first-order valence-corrected chi connectivity index (χ1v) is 8.58. The number of nitrogens with one attached hydrogen (secondary N) is 1. The van der Waals surface area contributed by atoms with Crippen molar-refractivity contribution in [2.24, 2.45) is 10.2 Å². The predicted molar refractivity (Wildman–Crippen MR) is 99.5 cm³/mol. The van der Waals surface area contributed by atoms with Crippen molar-refractivity contribution in [1.29, 1.82) is 5.26 Å². The van der Waals surface area contributed by atoms with Crippen molar-refractivity contribution >= 4 is 33.8 Å². The Morgan fingerprint density at radius 1 is 1.42 bits per heavy atom. The van der Waals surface area contributed by atoms with Crippen LogP contribution < -0.4 is 5.32 Å². The van der Waals surface area contributed by atoms with Crippen molar-refractivity contribution in [3.05, 3.63) is 51.2 Å². The van der Waals surface area contributed by atoms with E-state index in [0.29, 0.717) is 39.8 Å². The molecule has 1 aromatic heterocycles. The van der Waals surface area contributed by atoms with Crippen molar-refractivity contribution in [3.63, 3.8) is 0 Å². The Hall–Kier alpha value is -3.23. The minimum Gasteiger partial charge on any atom is -0.449 e. The number of alkyl carbamates (subject to hydrolysis) is 1. The molecule has 1 N–H and O–H groups in total. The third-order valence-corrected chi connectivity index (χ3v) is 4.72. The summed E-state index contributed by atoms with van der Waals surface area (Å²) >= 11 is 1.17. The first-order chi connectivity index (χ1) is 12.5. The van der Waals surface area contributed by atoms with Gasteiger partial charge in [-0.05, 0) is 36.6 Å². The lowest BCUT2D eigenvalue weighted by Gasteiger charge is -2.06. The lowest BCUT2D eigenvalue weighted by Crippen LogP contribution is -2.20. The fraction of sp³-hybridized carbons (Fsp3) is 0.278. The molecule has 0 saturated carbocycles. The number of carbonyl (C=O) groups excluding carboxylic acids is 1. The van der Waals surface area contributed by atoms with Crippen molar-refractivity contribution < 1.29 is 9.53 Å². The van der Waals surface area contributed by atoms with E-state index in [1.165, 1.54) is 18.4 Å². The summed E-state index contributed by atoms with van der Waals surface area (Å²) in [6.45, 7) is 11.2. The lowest BCUT2D eigenvalue weighted by atomic mass is 10.1. The Kier molecular flexibility index (Phi) is 6.42. The molecule has 0 unspecified atom stereocenters. The molecule has 2 rings (SSSR count). The van der Waals surface area contributed by atoms with Gasteiger partial charge in [-0.25, -0.2) is 9.64 Å². The van der Waals surface area contributed by atoms with Gasteiger partial charge in [0.15, 0.2) is 0 Å². The molecule has 0 aliphatic heterocycles. The van der Waals surface area contributed by atoms with E-state index in [2.05, 4.69) is 26.5 Å². The van der Waals surface area contributed by atoms with E-state index in [1.807, 2.05) is 25.1 Å². The highest BCUT2D eigenvalue weighted by atomic mass is 32.1. The molecule has 0 atom stereocenters. The molecule has 8 heteroatoms. The fourth-order valence-electron chi connectivity index (χ4n) is 2.21. The van der Waals surface area contributed by atoms with Gasteiger partial charge in [0.05, 0.1) is 23.7 Å². The molecule has 132 valence electrons. The van der Waals surface area contributed by atoms with Crippen LogP contribution in [0.2, 0.25) is 0 Å². The second kappa shape index (κ2) is 8.75. The number of hydrogen-bond acceptors (Lipinski definition) is 6. The second-order valence-electron chi connectivity index (χ2n) is 5.39. The zero-order valence-corrected chi connectivity index (χ0v) is 15.5. The average Bonchev–Trinajstić information content (AvgIpc) is 2.95. The molecular formula is C18H17N5O2S. The molecule has 0 aliphatic carbocycles. The van der Waals surface area contributed by atoms with Crippen LogP contribution in [0.4, 0.5) is 21.2 Å². The highest BCUT2D eigenvalue weighted by Gasteiger charge is 2.14. The highest BCUT2D eigenvalue weighted by Crippen LogP contribution is 2.42. The Balaban J connectivity index is 2.14. The van der Waals surface area contributed by atoms with Gasteiger partial charge in [0.2, 0.25) is 5.69 Å². The lowest BCUT2D eigenvalue weighted by molar-refractivity contribution is 0.150. The average molecular weight is 367 g/mol. The fourth-order valence-corrected chi connectivity index (χ4v) is 3.08. The first-order valence-electron chi connectivity index (χ1n) is 7.76. The number of amides is 1. The van der Waals surface area contributed by atoms with Gasteiger partial charge >= 0.3 is 6.09 Å². The van der Waals surface area contributed by atoms with Crippen LogP contribution in [-0.4, -0.2) is 19.7 Å². The number of aryl methyl sites for hydroxylation is 1. The van der Waals surface area contributed by atoms with Crippen molar-refractivity contribution in [1.82, 2.24) is 5.32 Å². The summed E-state index contributed by atoms with van der Waals surface area (Å²) < 4.78 is 4.98. The van der Waals surface area contributed by atoms with Crippen LogP contribution in [0.15, 0.2) is 28.4 Å². The largest absolute Gasteiger partial charge is 0.449 e. The minimum atomic E-state index is -0.453. The molecule has 26 heavy (non-hydrogen) atoms. The van der Waals surface area contributed by atoms with Crippen LogP contribution in [0.3, 0.4) is 0 Å². The monoisotopic (exact) mass is 367 g/mol. The van der Waals surface area contributed by atoms with Gasteiger partial charge in [-0.2, -0.15) is 15.5 Å². The summed E-state index contributed by atoms with van der Waals surface area (Å²) in [4.78, 5) is 15.0. The van der Waals surface area contributed by atoms with Crippen LogP contribution in [0.5, 0.6) is 0 Å². The van der Waals surface area contributed by atoms with Gasteiger partial charge in [-0.1, -0.05) is 12.1 Å². The Morgan fingerprint density at radius 3 is 2.81 bits per heavy atom. The summed E-state index contributed by atoms with van der Waals surface area (Å²) in [6.07, 6.45) is 0.147. The number of hydrogen-bond donors (Lipinski definition) is 1. The number of nitrogens with zero attached hydrogens (tertiary/aromatic N) is 4. The third-order valence-electron chi connectivity index (χ3n) is 3.65. The van der Waals surface area contributed by atoms with E-state index in [9.17, 15) is 4.79 Å².